The van der Waals surface area contributed by atoms with E-state index >= 15 is 0 Å². The van der Waals surface area contributed by atoms with Crippen molar-refractivity contribution < 1.29 is 0 Å². The zero-order chi connectivity index (χ0) is 16.4. The van der Waals surface area contributed by atoms with Crippen LogP contribution in [-0.2, 0) is 0 Å². The molecule has 0 aliphatic carbocycles. The van der Waals surface area contributed by atoms with Crippen LogP contribution in [0.2, 0.25) is 0 Å². The minimum Gasteiger partial charge on any atom is -0.298 e. The summed E-state index contributed by atoms with van der Waals surface area (Å²) >= 11 is 0. The van der Waals surface area contributed by atoms with Gasteiger partial charge in [-0.1, -0.05) is 76.2 Å². The van der Waals surface area contributed by atoms with Gasteiger partial charge in [-0.3, -0.25) is 4.57 Å². The summed E-state index contributed by atoms with van der Waals surface area (Å²) in [4.78, 5) is 4.44. The van der Waals surface area contributed by atoms with Gasteiger partial charge in [0.15, 0.2) is 0 Å². The highest BCUT2D eigenvalue weighted by Gasteiger charge is 2.17. The highest BCUT2D eigenvalue weighted by atomic mass is 15.1. The number of nitrogens with zero attached hydrogens (tertiary/aromatic N) is 2. The van der Waals surface area contributed by atoms with Gasteiger partial charge in [0, 0.05) is 5.56 Å². The number of imidazole rings is 1. The predicted octanol–water partition coefficient (Wildman–Crippen LogP) is 5.79. The molecule has 0 aliphatic heterocycles. The largest absolute Gasteiger partial charge is 0.298 e. The van der Waals surface area contributed by atoms with Gasteiger partial charge in [-0.2, -0.15) is 0 Å². The second-order valence-electron chi connectivity index (χ2n) is 6.61. The van der Waals surface area contributed by atoms with Gasteiger partial charge in [-0.05, 0) is 23.0 Å². The first-order valence-electron chi connectivity index (χ1n) is 8.30. The van der Waals surface area contributed by atoms with Crippen LogP contribution in [0.25, 0.3) is 16.9 Å². The fourth-order valence-electron chi connectivity index (χ4n) is 3.09. The lowest BCUT2D eigenvalue weighted by molar-refractivity contribution is 0.806. The van der Waals surface area contributed by atoms with E-state index < -0.39 is 0 Å². The molecule has 0 radical (unpaired) electrons. The van der Waals surface area contributed by atoms with E-state index in [9.17, 15) is 0 Å². The summed E-state index contributed by atoms with van der Waals surface area (Å²) in [5.74, 6) is 0.935. The van der Waals surface area contributed by atoms with Crippen molar-refractivity contribution in [2.75, 3.05) is 0 Å². The molecule has 0 spiro atoms. The summed E-state index contributed by atoms with van der Waals surface area (Å²) in [6.07, 6.45) is 3.89. The van der Waals surface area contributed by atoms with E-state index in [1.165, 1.54) is 22.4 Å². The predicted molar refractivity (Wildman–Crippen MR) is 97.2 cm³/mol. The van der Waals surface area contributed by atoms with E-state index in [0.717, 1.165) is 5.69 Å². The number of rotatable bonds is 4. The molecule has 2 aromatic carbocycles. The maximum atomic E-state index is 4.44. The topological polar surface area (TPSA) is 17.8 Å². The Bertz CT molecular complexity index is 756. The standard InChI is InChI=1S/C21H24N2/c1-15(2)18-11-8-12-19(16(3)4)21(18)23-14-22-13-20(23)17-9-6-5-7-10-17/h5-16H,1-4H3. The molecular formula is C21H24N2. The fourth-order valence-corrected chi connectivity index (χ4v) is 3.09. The van der Waals surface area contributed by atoms with Crippen molar-refractivity contribution in [2.24, 2.45) is 0 Å². The summed E-state index contributed by atoms with van der Waals surface area (Å²) < 4.78 is 2.25. The molecule has 0 saturated heterocycles. The van der Waals surface area contributed by atoms with E-state index in [1.54, 1.807) is 0 Å². The summed E-state index contributed by atoms with van der Waals surface area (Å²) in [6.45, 7) is 9.01. The van der Waals surface area contributed by atoms with Crippen LogP contribution in [0.1, 0.15) is 50.7 Å². The SMILES string of the molecule is CC(C)c1cccc(C(C)C)c1-n1cncc1-c1ccccc1. The van der Waals surface area contributed by atoms with E-state index in [1.807, 2.05) is 18.6 Å². The first-order chi connectivity index (χ1) is 11.1. The van der Waals surface area contributed by atoms with Crippen LogP contribution >= 0.6 is 0 Å². The Kier molecular flexibility index (Phi) is 4.33. The molecule has 3 aromatic rings. The summed E-state index contributed by atoms with van der Waals surface area (Å²) in [7, 11) is 0. The van der Waals surface area contributed by atoms with Crippen molar-refractivity contribution in [3.05, 3.63) is 72.2 Å². The third-order valence-corrected chi connectivity index (χ3v) is 4.29. The molecular weight excluding hydrogens is 280 g/mol. The first-order valence-corrected chi connectivity index (χ1v) is 8.30. The van der Waals surface area contributed by atoms with Crippen LogP contribution in [0.3, 0.4) is 0 Å². The van der Waals surface area contributed by atoms with E-state index in [0.29, 0.717) is 11.8 Å². The Morgan fingerprint density at radius 1 is 0.783 bits per heavy atom. The van der Waals surface area contributed by atoms with Gasteiger partial charge >= 0.3 is 0 Å². The molecule has 1 heterocycles. The molecule has 2 nitrogen and oxygen atoms in total. The molecule has 0 atom stereocenters. The summed E-state index contributed by atoms with van der Waals surface area (Å²) in [5.41, 5.74) is 6.35. The third-order valence-electron chi connectivity index (χ3n) is 4.29. The van der Waals surface area contributed by atoms with Crippen molar-refractivity contribution in [3.8, 4) is 16.9 Å². The Morgan fingerprint density at radius 2 is 1.39 bits per heavy atom. The number of hydrogen-bond donors (Lipinski definition) is 0. The number of benzene rings is 2. The molecule has 0 amide bonds. The minimum absolute atomic E-state index is 0.467. The molecule has 0 aliphatic rings. The van der Waals surface area contributed by atoms with Crippen molar-refractivity contribution in [2.45, 2.75) is 39.5 Å². The molecule has 0 bridgehead atoms. The molecule has 0 fully saturated rings. The fraction of sp³-hybridized carbons (Fsp3) is 0.286. The lowest BCUT2D eigenvalue weighted by atomic mass is 9.92. The van der Waals surface area contributed by atoms with Crippen LogP contribution in [0.15, 0.2) is 61.1 Å². The highest BCUT2D eigenvalue weighted by Crippen LogP contribution is 2.33. The van der Waals surface area contributed by atoms with Gasteiger partial charge < -0.3 is 0 Å². The molecule has 1 aromatic heterocycles. The summed E-state index contributed by atoms with van der Waals surface area (Å²) in [6, 6.07) is 17.1. The van der Waals surface area contributed by atoms with E-state index in [-0.39, 0.29) is 0 Å². The molecule has 23 heavy (non-hydrogen) atoms. The Balaban J connectivity index is 2.26. The molecule has 3 rings (SSSR count). The normalized spacial score (nSPS) is 11.4. The van der Waals surface area contributed by atoms with Crippen LogP contribution in [-0.4, -0.2) is 9.55 Å². The number of aromatic nitrogens is 2. The second-order valence-corrected chi connectivity index (χ2v) is 6.61. The number of hydrogen-bond acceptors (Lipinski definition) is 1. The van der Waals surface area contributed by atoms with Crippen molar-refractivity contribution in [1.82, 2.24) is 9.55 Å². The maximum absolute atomic E-state index is 4.44. The van der Waals surface area contributed by atoms with Gasteiger partial charge in [0.1, 0.15) is 0 Å². The maximum Gasteiger partial charge on any atom is 0.0997 e. The molecule has 0 unspecified atom stereocenters. The lowest BCUT2D eigenvalue weighted by Gasteiger charge is -2.21. The van der Waals surface area contributed by atoms with Crippen LogP contribution in [0.5, 0.6) is 0 Å². The van der Waals surface area contributed by atoms with Gasteiger partial charge in [0.05, 0.1) is 23.9 Å². The monoisotopic (exact) mass is 304 g/mol. The van der Waals surface area contributed by atoms with Crippen molar-refractivity contribution in [1.29, 1.82) is 0 Å². The molecule has 0 N–H and O–H groups in total. The van der Waals surface area contributed by atoms with E-state index in [2.05, 4.69) is 79.7 Å². The quantitative estimate of drug-likeness (QED) is 0.597. The Labute approximate surface area is 138 Å². The van der Waals surface area contributed by atoms with Gasteiger partial charge in [-0.15, -0.1) is 0 Å². The van der Waals surface area contributed by atoms with Gasteiger partial charge in [-0.25, -0.2) is 4.98 Å². The Morgan fingerprint density at radius 3 is 1.96 bits per heavy atom. The molecule has 2 heteroatoms. The zero-order valence-electron chi connectivity index (χ0n) is 14.3. The smallest absolute Gasteiger partial charge is 0.0997 e. The van der Waals surface area contributed by atoms with Crippen molar-refractivity contribution in [3.63, 3.8) is 0 Å². The van der Waals surface area contributed by atoms with Crippen molar-refractivity contribution >= 4 is 0 Å². The average molecular weight is 304 g/mol. The third kappa shape index (κ3) is 2.94. The molecule has 0 saturated carbocycles. The highest BCUT2D eigenvalue weighted by molar-refractivity contribution is 5.64. The van der Waals surface area contributed by atoms with Gasteiger partial charge in [0.2, 0.25) is 0 Å². The van der Waals surface area contributed by atoms with Gasteiger partial charge in [0.25, 0.3) is 0 Å². The van der Waals surface area contributed by atoms with Crippen LogP contribution in [0, 0.1) is 0 Å². The number of para-hydroxylation sites is 1. The summed E-state index contributed by atoms with van der Waals surface area (Å²) in [5, 5.41) is 0. The minimum atomic E-state index is 0.467. The lowest BCUT2D eigenvalue weighted by Crippen LogP contribution is -2.07. The zero-order valence-corrected chi connectivity index (χ0v) is 14.3. The first kappa shape index (κ1) is 15.5. The van der Waals surface area contributed by atoms with Crippen LogP contribution in [0.4, 0.5) is 0 Å². The Hall–Kier alpha value is -2.35. The average Bonchev–Trinajstić information content (AvgIpc) is 3.04. The van der Waals surface area contributed by atoms with Crippen LogP contribution < -0.4 is 0 Å². The second kappa shape index (κ2) is 6.41. The molecule has 118 valence electrons. The van der Waals surface area contributed by atoms with E-state index in [4.69, 9.17) is 0 Å².